The first-order chi connectivity index (χ1) is 7.52. The van der Waals surface area contributed by atoms with E-state index in [1.165, 1.54) is 0 Å². The molecule has 0 bridgehead atoms. The Kier molecular flexibility index (Phi) is 3.76. The largest absolute Gasteiger partial charge is 0.406 e. The average molecular weight is 252 g/mol. The number of carbonyl (C=O) groups is 1. The van der Waals surface area contributed by atoms with E-state index in [1.54, 1.807) is 20.8 Å². The molecule has 1 rings (SSSR count). The van der Waals surface area contributed by atoms with Crippen molar-refractivity contribution in [3.8, 4) is 0 Å². The number of hydrogen-bond acceptors (Lipinski definition) is 2. The van der Waals surface area contributed by atoms with Crippen LogP contribution >= 0.6 is 0 Å². The summed E-state index contributed by atoms with van der Waals surface area (Å²) < 4.78 is 37.1. The Morgan fingerprint density at radius 1 is 1.35 bits per heavy atom. The lowest BCUT2D eigenvalue weighted by Gasteiger charge is -2.32. The zero-order valence-corrected chi connectivity index (χ0v) is 10.3. The Bertz CT molecular complexity index is 292. The Morgan fingerprint density at radius 2 is 1.82 bits per heavy atom. The van der Waals surface area contributed by atoms with Gasteiger partial charge in [0, 0.05) is 6.04 Å². The zero-order chi connectivity index (χ0) is 13.4. The molecule has 0 aromatic rings. The van der Waals surface area contributed by atoms with Crippen molar-refractivity contribution in [2.45, 2.75) is 51.9 Å². The summed E-state index contributed by atoms with van der Waals surface area (Å²) in [6.45, 7) is 4.04. The number of hydrogen-bond donors (Lipinski definition) is 1. The van der Waals surface area contributed by atoms with Crippen molar-refractivity contribution in [2.75, 3.05) is 6.54 Å². The molecule has 100 valence electrons. The highest BCUT2D eigenvalue weighted by Crippen LogP contribution is 2.32. The van der Waals surface area contributed by atoms with Gasteiger partial charge in [0.15, 0.2) is 0 Å². The normalized spacial score (nSPS) is 19.0. The van der Waals surface area contributed by atoms with Crippen LogP contribution < -0.4 is 5.73 Å². The standard InChI is InChI=1S/C11H19F3N2O/c1-10(2,3)8(15)9(17)16(7-4-5-7)6-11(12,13)14/h7-8H,4-6,15H2,1-3H3/t8-/m1/s1. The predicted molar refractivity (Wildman–Crippen MR) is 58.2 cm³/mol. The van der Waals surface area contributed by atoms with Gasteiger partial charge in [0.1, 0.15) is 6.54 Å². The van der Waals surface area contributed by atoms with Crippen LogP contribution in [0.4, 0.5) is 13.2 Å². The zero-order valence-electron chi connectivity index (χ0n) is 10.3. The van der Waals surface area contributed by atoms with Gasteiger partial charge in [-0.2, -0.15) is 13.2 Å². The second kappa shape index (κ2) is 4.48. The fourth-order valence-corrected chi connectivity index (χ4v) is 1.52. The van der Waals surface area contributed by atoms with Crippen molar-refractivity contribution >= 4 is 5.91 Å². The molecule has 1 aliphatic carbocycles. The Balaban J connectivity index is 2.74. The minimum absolute atomic E-state index is 0.280. The third kappa shape index (κ3) is 4.18. The maximum absolute atomic E-state index is 12.4. The maximum Gasteiger partial charge on any atom is 0.406 e. The molecule has 0 aromatic heterocycles. The molecule has 1 fully saturated rings. The summed E-state index contributed by atoms with van der Waals surface area (Å²) in [6.07, 6.45) is -3.09. The molecule has 1 amide bonds. The molecule has 0 saturated heterocycles. The van der Waals surface area contributed by atoms with Gasteiger partial charge in [-0.15, -0.1) is 0 Å². The molecule has 17 heavy (non-hydrogen) atoms. The van der Waals surface area contributed by atoms with Crippen LogP contribution in [0.15, 0.2) is 0 Å². The SMILES string of the molecule is CC(C)(C)[C@H](N)C(=O)N(CC(F)(F)F)C1CC1. The van der Waals surface area contributed by atoms with E-state index in [0.717, 1.165) is 4.90 Å². The summed E-state index contributed by atoms with van der Waals surface area (Å²) in [4.78, 5) is 12.8. The quantitative estimate of drug-likeness (QED) is 0.834. The summed E-state index contributed by atoms with van der Waals surface area (Å²) in [5, 5.41) is 0. The van der Waals surface area contributed by atoms with E-state index in [1.807, 2.05) is 0 Å². The Morgan fingerprint density at radius 3 is 2.12 bits per heavy atom. The van der Waals surface area contributed by atoms with E-state index in [-0.39, 0.29) is 6.04 Å². The Labute approximate surface area is 99.1 Å². The fourth-order valence-electron chi connectivity index (χ4n) is 1.52. The van der Waals surface area contributed by atoms with Crippen LogP contribution in [0.25, 0.3) is 0 Å². The molecule has 1 saturated carbocycles. The first-order valence-corrected chi connectivity index (χ1v) is 5.65. The second-order valence-corrected chi connectivity index (χ2v) is 5.66. The van der Waals surface area contributed by atoms with Gasteiger partial charge in [0.25, 0.3) is 0 Å². The maximum atomic E-state index is 12.4. The number of amides is 1. The topological polar surface area (TPSA) is 46.3 Å². The van der Waals surface area contributed by atoms with Crippen LogP contribution in [0.5, 0.6) is 0 Å². The lowest BCUT2D eigenvalue weighted by Crippen LogP contribution is -2.53. The van der Waals surface area contributed by atoms with Gasteiger partial charge in [0.05, 0.1) is 6.04 Å². The molecule has 1 aliphatic rings. The smallest absolute Gasteiger partial charge is 0.329 e. The lowest BCUT2D eigenvalue weighted by atomic mass is 9.86. The number of nitrogens with zero attached hydrogens (tertiary/aromatic N) is 1. The molecular weight excluding hydrogens is 233 g/mol. The minimum Gasteiger partial charge on any atom is -0.329 e. The van der Waals surface area contributed by atoms with E-state index in [2.05, 4.69) is 0 Å². The van der Waals surface area contributed by atoms with Crippen LogP contribution in [-0.2, 0) is 4.79 Å². The second-order valence-electron chi connectivity index (χ2n) is 5.66. The van der Waals surface area contributed by atoms with Gasteiger partial charge in [-0.3, -0.25) is 4.79 Å². The van der Waals surface area contributed by atoms with Crippen LogP contribution in [-0.4, -0.2) is 35.6 Å². The average Bonchev–Trinajstić information content (AvgIpc) is 2.92. The highest BCUT2D eigenvalue weighted by atomic mass is 19.4. The summed E-state index contributed by atoms with van der Waals surface area (Å²) in [7, 11) is 0. The van der Waals surface area contributed by atoms with Crippen molar-refractivity contribution in [2.24, 2.45) is 11.1 Å². The van der Waals surface area contributed by atoms with Crippen molar-refractivity contribution < 1.29 is 18.0 Å². The van der Waals surface area contributed by atoms with Crippen molar-refractivity contribution in [1.29, 1.82) is 0 Å². The number of carbonyl (C=O) groups excluding carboxylic acids is 1. The van der Waals surface area contributed by atoms with Crippen LogP contribution in [0, 0.1) is 5.41 Å². The van der Waals surface area contributed by atoms with Crippen LogP contribution in [0.3, 0.4) is 0 Å². The lowest BCUT2D eigenvalue weighted by molar-refractivity contribution is -0.164. The molecule has 1 atom stereocenters. The van der Waals surface area contributed by atoms with Crippen molar-refractivity contribution in [3.63, 3.8) is 0 Å². The van der Waals surface area contributed by atoms with Crippen molar-refractivity contribution in [1.82, 2.24) is 4.90 Å². The third-order valence-electron chi connectivity index (χ3n) is 2.82. The highest BCUT2D eigenvalue weighted by molar-refractivity contribution is 5.83. The van der Waals surface area contributed by atoms with Gasteiger partial charge in [-0.05, 0) is 18.3 Å². The monoisotopic (exact) mass is 252 g/mol. The van der Waals surface area contributed by atoms with E-state index in [4.69, 9.17) is 5.73 Å². The number of rotatable bonds is 3. The third-order valence-corrected chi connectivity index (χ3v) is 2.82. The predicted octanol–water partition coefficient (Wildman–Crippen LogP) is 1.91. The van der Waals surface area contributed by atoms with Gasteiger partial charge >= 0.3 is 6.18 Å². The molecule has 3 nitrogen and oxygen atoms in total. The summed E-state index contributed by atoms with van der Waals surface area (Å²) in [5.41, 5.74) is 5.19. The molecule has 0 aromatic carbocycles. The van der Waals surface area contributed by atoms with Gasteiger partial charge in [0.2, 0.25) is 5.91 Å². The van der Waals surface area contributed by atoms with E-state index in [0.29, 0.717) is 12.8 Å². The fraction of sp³-hybridized carbons (Fsp3) is 0.909. The van der Waals surface area contributed by atoms with Crippen molar-refractivity contribution in [3.05, 3.63) is 0 Å². The Hall–Kier alpha value is -0.780. The van der Waals surface area contributed by atoms with E-state index >= 15 is 0 Å². The number of halogens is 3. The summed E-state index contributed by atoms with van der Waals surface area (Å²) in [6, 6.07) is -1.18. The molecule has 0 radical (unpaired) electrons. The molecule has 0 spiro atoms. The minimum atomic E-state index is -4.37. The molecule has 0 unspecified atom stereocenters. The van der Waals surface area contributed by atoms with Gasteiger partial charge in [-0.1, -0.05) is 20.8 Å². The first kappa shape index (κ1) is 14.3. The van der Waals surface area contributed by atoms with E-state index in [9.17, 15) is 18.0 Å². The molecular formula is C11H19F3N2O. The molecule has 6 heteroatoms. The molecule has 0 aliphatic heterocycles. The summed E-state index contributed by atoms with van der Waals surface area (Å²) >= 11 is 0. The number of alkyl halides is 3. The van der Waals surface area contributed by atoms with Gasteiger partial charge in [-0.25, -0.2) is 0 Å². The van der Waals surface area contributed by atoms with Crippen LogP contribution in [0.2, 0.25) is 0 Å². The number of nitrogens with two attached hydrogens (primary N) is 1. The highest BCUT2D eigenvalue weighted by Gasteiger charge is 2.43. The van der Waals surface area contributed by atoms with Gasteiger partial charge < -0.3 is 10.6 Å². The molecule has 0 heterocycles. The summed E-state index contributed by atoms with van der Waals surface area (Å²) in [5.74, 6) is -0.600. The molecule has 2 N–H and O–H groups in total. The van der Waals surface area contributed by atoms with Crippen LogP contribution in [0.1, 0.15) is 33.6 Å². The van der Waals surface area contributed by atoms with E-state index < -0.39 is 30.1 Å². The first-order valence-electron chi connectivity index (χ1n) is 5.65.